The maximum absolute atomic E-state index is 13.1. The molecule has 24 heavy (non-hydrogen) atoms. The minimum atomic E-state index is -3.64. The van der Waals surface area contributed by atoms with Crippen LogP contribution in [0.1, 0.15) is 17.5 Å². The molecule has 1 aliphatic rings. The van der Waals surface area contributed by atoms with Crippen LogP contribution in [0, 0.1) is 12.7 Å². The molecule has 0 bridgehead atoms. The van der Waals surface area contributed by atoms with Gasteiger partial charge in [0.25, 0.3) is 10.0 Å². The number of benzene rings is 2. The summed E-state index contributed by atoms with van der Waals surface area (Å²) >= 11 is 0. The van der Waals surface area contributed by atoms with Gasteiger partial charge in [-0.25, -0.2) is 12.8 Å². The Morgan fingerprint density at radius 3 is 2.29 bits per heavy atom. The van der Waals surface area contributed by atoms with Crippen LogP contribution < -0.4 is 0 Å². The molecule has 0 aromatic heterocycles. The van der Waals surface area contributed by atoms with Gasteiger partial charge in [-0.1, -0.05) is 42.0 Å². The summed E-state index contributed by atoms with van der Waals surface area (Å²) in [6, 6.07) is 12.8. The van der Waals surface area contributed by atoms with Crippen LogP contribution in [0.2, 0.25) is 0 Å². The van der Waals surface area contributed by atoms with E-state index < -0.39 is 10.0 Å². The van der Waals surface area contributed by atoms with E-state index in [9.17, 15) is 12.8 Å². The van der Waals surface area contributed by atoms with E-state index in [-0.39, 0.29) is 17.3 Å². The Morgan fingerprint density at radius 1 is 1.04 bits per heavy atom. The van der Waals surface area contributed by atoms with E-state index in [0.717, 1.165) is 22.3 Å². The van der Waals surface area contributed by atoms with Gasteiger partial charge in [0.2, 0.25) is 0 Å². The van der Waals surface area contributed by atoms with Crippen molar-refractivity contribution >= 4 is 15.6 Å². The molecule has 5 heteroatoms. The summed E-state index contributed by atoms with van der Waals surface area (Å²) in [4.78, 5) is 0.248. The minimum Gasteiger partial charge on any atom is -0.269 e. The predicted octanol–water partition coefficient (Wildman–Crippen LogP) is 4.13. The van der Waals surface area contributed by atoms with Gasteiger partial charge in [0.05, 0.1) is 11.4 Å². The Balaban J connectivity index is 2.00. The summed E-state index contributed by atoms with van der Waals surface area (Å²) < 4.78 is 40.1. The van der Waals surface area contributed by atoms with Crippen molar-refractivity contribution in [3.63, 3.8) is 0 Å². The van der Waals surface area contributed by atoms with Crippen LogP contribution in [0.15, 0.2) is 71.8 Å². The van der Waals surface area contributed by atoms with Gasteiger partial charge in [0.15, 0.2) is 0 Å². The van der Waals surface area contributed by atoms with Crippen molar-refractivity contribution in [1.29, 1.82) is 0 Å². The lowest BCUT2D eigenvalue weighted by Crippen LogP contribution is -2.30. The molecule has 124 valence electrons. The lowest BCUT2D eigenvalue weighted by Gasteiger charge is -2.28. The second kappa shape index (κ2) is 6.24. The highest BCUT2D eigenvalue weighted by molar-refractivity contribution is 7.89. The summed E-state index contributed by atoms with van der Waals surface area (Å²) in [5.41, 5.74) is 3.40. The molecule has 0 atom stereocenters. The number of hydrogen-bond acceptors (Lipinski definition) is 2. The molecule has 0 spiro atoms. The van der Waals surface area contributed by atoms with E-state index in [4.69, 9.17) is 0 Å². The molecule has 2 aromatic carbocycles. The Hall–Kier alpha value is -2.40. The monoisotopic (exact) mass is 343 g/mol. The highest BCUT2D eigenvalue weighted by atomic mass is 32.2. The van der Waals surface area contributed by atoms with Gasteiger partial charge in [0.1, 0.15) is 5.82 Å². The SMILES string of the molecule is C=C1CC(c2ccc(F)cc2)=CN(S(=O)(=O)c2ccc(C)cc2)C1. The molecule has 0 saturated heterocycles. The van der Waals surface area contributed by atoms with Crippen molar-refractivity contribution in [3.05, 3.63) is 83.8 Å². The van der Waals surface area contributed by atoms with Gasteiger partial charge < -0.3 is 0 Å². The Bertz CT molecular complexity index is 897. The van der Waals surface area contributed by atoms with Crippen molar-refractivity contribution in [2.75, 3.05) is 6.54 Å². The molecule has 0 N–H and O–H groups in total. The van der Waals surface area contributed by atoms with Crippen molar-refractivity contribution in [3.8, 4) is 0 Å². The fraction of sp³-hybridized carbons (Fsp3) is 0.158. The molecule has 3 nitrogen and oxygen atoms in total. The molecule has 0 fully saturated rings. The van der Waals surface area contributed by atoms with E-state index in [1.54, 1.807) is 42.6 Å². The summed E-state index contributed by atoms with van der Waals surface area (Å²) in [5, 5.41) is 0. The average molecular weight is 343 g/mol. The first-order chi connectivity index (χ1) is 11.4. The molecule has 0 unspecified atom stereocenters. The molecular formula is C19H18FNO2S. The zero-order valence-corrected chi connectivity index (χ0v) is 14.2. The molecule has 1 heterocycles. The van der Waals surface area contributed by atoms with Crippen molar-refractivity contribution in [2.24, 2.45) is 0 Å². The Labute approximate surface area is 141 Å². The van der Waals surface area contributed by atoms with E-state index >= 15 is 0 Å². The summed E-state index contributed by atoms with van der Waals surface area (Å²) in [6.07, 6.45) is 2.20. The quantitative estimate of drug-likeness (QED) is 0.786. The number of nitrogens with zero attached hydrogens (tertiary/aromatic N) is 1. The van der Waals surface area contributed by atoms with Gasteiger partial charge in [-0.05, 0) is 48.7 Å². The fourth-order valence-corrected chi connectivity index (χ4v) is 4.02. The molecule has 2 aromatic rings. The lowest BCUT2D eigenvalue weighted by atomic mass is 9.97. The largest absolute Gasteiger partial charge is 0.269 e. The number of sulfonamides is 1. The number of rotatable bonds is 3. The molecule has 0 radical (unpaired) electrons. The first kappa shape index (κ1) is 16.5. The van der Waals surface area contributed by atoms with Crippen molar-refractivity contribution < 1.29 is 12.8 Å². The van der Waals surface area contributed by atoms with Gasteiger partial charge in [-0.15, -0.1) is 0 Å². The third kappa shape index (κ3) is 3.26. The van der Waals surface area contributed by atoms with Crippen LogP contribution in [0.4, 0.5) is 4.39 Å². The summed E-state index contributed by atoms with van der Waals surface area (Å²) in [6.45, 7) is 6.12. The maximum Gasteiger partial charge on any atom is 0.264 e. The van der Waals surface area contributed by atoms with Gasteiger partial charge in [-0.3, -0.25) is 4.31 Å². The first-order valence-electron chi connectivity index (χ1n) is 7.58. The zero-order valence-electron chi connectivity index (χ0n) is 13.4. The van der Waals surface area contributed by atoms with Crippen molar-refractivity contribution in [1.82, 2.24) is 4.31 Å². The highest BCUT2D eigenvalue weighted by Gasteiger charge is 2.26. The average Bonchev–Trinajstić information content (AvgIpc) is 2.55. The lowest BCUT2D eigenvalue weighted by molar-refractivity contribution is 0.511. The molecule has 0 saturated carbocycles. The van der Waals surface area contributed by atoms with Gasteiger partial charge in [0, 0.05) is 6.20 Å². The molecule has 0 aliphatic carbocycles. The normalized spacial score (nSPS) is 15.3. The third-order valence-electron chi connectivity index (χ3n) is 3.96. The Morgan fingerprint density at radius 2 is 1.67 bits per heavy atom. The smallest absolute Gasteiger partial charge is 0.264 e. The molecule has 3 rings (SSSR count). The molecule has 0 amide bonds. The van der Waals surface area contributed by atoms with Gasteiger partial charge in [-0.2, -0.15) is 0 Å². The number of aryl methyl sites for hydroxylation is 1. The van der Waals surface area contributed by atoms with Crippen LogP contribution in [-0.2, 0) is 10.0 Å². The van der Waals surface area contributed by atoms with Crippen LogP contribution in [0.3, 0.4) is 0 Å². The van der Waals surface area contributed by atoms with E-state index in [2.05, 4.69) is 6.58 Å². The minimum absolute atomic E-state index is 0.248. The highest BCUT2D eigenvalue weighted by Crippen LogP contribution is 2.30. The molecular weight excluding hydrogens is 325 g/mol. The van der Waals surface area contributed by atoms with Crippen LogP contribution in [-0.4, -0.2) is 19.3 Å². The number of halogens is 1. The maximum atomic E-state index is 13.1. The summed E-state index contributed by atoms with van der Waals surface area (Å²) in [5.74, 6) is -0.321. The van der Waals surface area contributed by atoms with Crippen LogP contribution >= 0.6 is 0 Å². The zero-order chi connectivity index (χ0) is 17.3. The number of hydrogen-bond donors (Lipinski definition) is 0. The Kier molecular flexibility index (Phi) is 4.28. The third-order valence-corrected chi connectivity index (χ3v) is 5.68. The van der Waals surface area contributed by atoms with Crippen LogP contribution in [0.25, 0.3) is 5.57 Å². The van der Waals surface area contributed by atoms with E-state index in [1.165, 1.54) is 16.4 Å². The van der Waals surface area contributed by atoms with E-state index in [0.29, 0.717) is 6.42 Å². The number of allylic oxidation sites excluding steroid dienone is 1. The fourth-order valence-electron chi connectivity index (χ4n) is 2.65. The summed E-state index contributed by atoms with van der Waals surface area (Å²) in [7, 11) is -3.64. The van der Waals surface area contributed by atoms with Gasteiger partial charge >= 0.3 is 0 Å². The first-order valence-corrected chi connectivity index (χ1v) is 9.02. The second-order valence-electron chi connectivity index (χ2n) is 5.95. The standard InChI is InChI=1S/C19H18FNO2S/c1-14-3-9-19(10-4-14)24(22,23)21-12-15(2)11-17(13-21)16-5-7-18(20)8-6-16/h3-10,13H,2,11-12H2,1H3. The van der Waals surface area contributed by atoms with Crippen LogP contribution in [0.5, 0.6) is 0 Å². The predicted molar refractivity (Wildman–Crippen MR) is 93.2 cm³/mol. The van der Waals surface area contributed by atoms with Crippen molar-refractivity contribution in [2.45, 2.75) is 18.2 Å². The van der Waals surface area contributed by atoms with E-state index in [1.807, 2.05) is 6.92 Å². The topological polar surface area (TPSA) is 37.4 Å². The molecule has 1 aliphatic heterocycles. The second-order valence-corrected chi connectivity index (χ2v) is 7.84.